The Bertz CT molecular complexity index is 1530. The van der Waals surface area contributed by atoms with Crippen molar-refractivity contribution >= 4 is 23.2 Å². The maximum Gasteiger partial charge on any atom is 0.255 e. The van der Waals surface area contributed by atoms with Crippen LogP contribution in [-0.4, -0.2) is 68.3 Å². The zero-order valence-corrected chi connectivity index (χ0v) is 22.4. The molecular weight excluding hydrogens is 537 g/mol. The van der Waals surface area contributed by atoms with Gasteiger partial charge in [0.05, 0.1) is 12.7 Å². The molecule has 1 saturated carbocycles. The van der Waals surface area contributed by atoms with E-state index in [2.05, 4.69) is 10.3 Å². The number of aliphatic hydroxyl groups excluding tert-OH is 2. The van der Waals surface area contributed by atoms with Gasteiger partial charge in [-0.1, -0.05) is 0 Å². The normalized spacial score (nSPS) is 24.5. The molecule has 2 aromatic rings. The van der Waals surface area contributed by atoms with Crippen LogP contribution >= 0.6 is 0 Å². The number of hydrogen-bond donors (Lipinski definition) is 6. The summed E-state index contributed by atoms with van der Waals surface area (Å²) in [5.41, 5.74) is 3.49. The molecule has 4 atom stereocenters. The Morgan fingerprint density at radius 2 is 2.00 bits per heavy atom. The summed E-state index contributed by atoms with van der Waals surface area (Å²) < 4.78 is 18.3. The number of aromatic nitrogens is 1. The fourth-order valence-electron chi connectivity index (χ4n) is 6.14. The molecule has 216 valence electrons. The second-order valence-corrected chi connectivity index (χ2v) is 10.7. The lowest BCUT2D eigenvalue weighted by atomic mass is 9.59. The largest absolute Gasteiger partial charge is 0.508 e. The number of rotatable bonds is 7. The van der Waals surface area contributed by atoms with E-state index in [0.717, 1.165) is 0 Å². The van der Waals surface area contributed by atoms with Crippen LogP contribution in [0.4, 0.5) is 4.39 Å². The Labute approximate surface area is 234 Å². The van der Waals surface area contributed by atoms with E-state index in [1.165, 1.54) is 7.11 Å². The number of Topliss-reactive ketones (excluding diaryl/α,β-unsaturated/α-hetero) is 2. The molecule has 1 aromatic heterocycles. The van der Waals surface area contributed by atoms with E-state index in [4.69, 9.17) is 10.5 Å². The minimum absolute atomic E-state index is 0.0152. The van der Waals surface area contributed by atoms with Crippen LogP contribution in [-0.2, 0) is 27.3 Å². The summed E-state index contributed by atoms with van der Waals surface area (Å²) in [7, 11) is 1.47. The molecule has 1 amide bonds. The Hall–Kier alpha value is -4.29. The summed E-state index contributed by atoms with van der Waals surface area (Å²) in [6.07, 6.45) is 1.31. The molecule has 12 heteroatoms. The van der Waals surface area contributed by atoms with Gasteiger partial charge in [0.15, 0.2) is 11.4 Å². The first-order valence-corrected chi connectivity index (χ1v) is 13.1. The summed E-state index contributed by atoms with van der Waals surface area (Å²) in [5, 5.41) is 48.0. The lowest BCUT2D eigenvalue weighted by molar-refractivity contribution is -0.147. The zero-order chi connectivity index (χ0) is 29.8. The summed E-state index contributed by atoms with van der Waals surface area (Å²) in [6.45, 7) is 1.00. The molecule has 11 nitrogen and oxygen atoms in total. The fourth-order valence-corrected chi connectivity index (χ4v) is 6.14. The Morgan fingerprint density at radius 1 is 1.27 bits per heavy atom. The van der Waals surface area contributed by atoms with Crippen LogP contribution in [0, 0.1) is 11.8 Å². The third kappa shape index (κ3) is 4.34. The second-order valence-electron chi connectivity index (χ2n) is 10.7. The number of ketones is 2. The number of hydrogen-bond acceptors (Lipinski definition) is 10. The van der Waals surface area contributed by atoms with Crippen molar-refractivity contribution in [1.29, 1.82) is 0 Å². The number of phenols is 1. The maximum absolute atomic E-state index is 13.8. The molecule has 4 unspecified atom stereocenters. The molecule has 0 spiro atoms. The molecule has 3 aliphatic rings. The number of phenolic OH excluding ortho intramolecular Hbond substituents is 1. The van der Waals surface area contributed by atoms with Gasteiger partial charge in [0.1, 0.15) is 29.5 Å². The standard InChI is InChI=1S/C29H30FN3O8/c1-12(9-30)32-11-15-7-17(13-3-4-20(41-2)33-10-13)18-6-14-5-16-8-19(34)23(28(31)39)27(38)29(16,40)26(37)21(14)25(36)22(18)24(15)35/h3-4,7,10,12,14,16,32,35-36,38,40H,5-6,8-9,11H2,1-2H3,(H2,31,39). The van der Waals surface area contributed by atoms with Gasteiger partial charge in [0.2, 0.25) is 11.7 Å². The fraction of sp³-hybridized carbons (Fsp3) is 0.379. The monoisotopic (exact) mass is 567 g/mol. The Kier molecular flexibility index (Phi) is 7.08. The average Bonchev–Trinajstić information content (AvgIpc) is 2.94. The molecule has 0 aliphatic heterocycles. The van der Waals surface area contributed by atoms with Crippen molar-refractivity contribution in [3.05, 3.63) is 58.0 Å². The number of halogens is 1. The highest BCUT2D eigenvalue weighted by Gasteiger charge is 2.60. The smallest absolute Gasteiger partial charge is 0.255 e. The van der Waals surface area contributed by atoms with Gasteiger partial charge in [-0.15, -0.1) is 0 Å². The van der Waals surface area contributed by atoms with E-state index in [0.29, 0.717) is 28.1 Å². The van der Waals surface area contributed by atoms with E-state index in [1.807, 2.05) is 0 Å². The van der Waals surface area contributed by atoms with Crippen molar-refractivity contribution < 1.29 is 43.9 Å². The number of aromatic hydroxyl groups is 1. The summed E-state index contributed by atoms with van der Waals surface area (Å²) in [6, 6.07) is 4.56. The third-order valence-electron chi connectivity index (χ3n) is 8.27. The lowest BCUT2D eigenvalue weighted by Gasteiger charge is -2.46. The van der Waals surface area contributed by atoms with Crippen LogP contribution in [0.5, 0.6) is 11.6 Å². The minimum atomic E-state index is -2.65. The zero-order valence-electron chi connectivity index (χ0n) is 22.4. The van der Waals surface area contributed by atoms with Crippen LogP contribution in [0.25, 0.3) is 16.9 Å². The van der Waals surface area contributed by atoms with E-state index in [1.54, 1.807) is 31.3 Å². The van der Waals surface area contributed by atoms with Crippen molar-refractivity contribution in [1.82, 2.24) is 10.3 Å². The summed E-state index contributed by atoms with van der Waals surface area (Å²) in [4.78, 5) is 42.5. The summed E-state index contributed by atoms with van der Waals surface area (Å²) >= 11 is 0. The number of benzene rings is 1. The molecule has 7 N–H and O–H groups in total. The number of alkyl halides is 1. The van der Waals surface area contributed by atoms with E-state index in [-0.39, 0.29) is 36.3 Å². The van der Waals surface area contributed by atoms with Crippen molar-refractivity contribution in [2.75, 3.05) is 13.8 Å². The Balaban J connectivity index is 1.71. The molecule has 0 radical (unpaired) electrons. The van der Waals surface area contributed by atoms with Crippen LogP contribution in [0.3, 0.4) is 0 Å². The lowest BCUT2D eigenvalue weighted by Crippen LogP contribution is -2.58. The summed E-state index contributed by atoms with van der Waals surface area (Å²) in [5.74, 6) is -6.60. The number of amides is 1. The number of carbonyl (C=O) groups excluding carboxylic acids is 3. The van der Waals surface area contributed by atoms with Crippen LogP contribution < -0.4 is 15.8 Å². The van der Waals surface area contributed by atoms with Crippen molar-refractivity contribution in [2.24, 2.45) is 17.6 Å². The van der Waals surface area contributed by atoms with Gasteiger partial charge in [0.25, 0.3) is 5.91 Å². The maximum atomic E-state index is 13.8. The molecule has 41 heavy (non-hydrogen) atoms. The van der Waals surface area contributed by atoms with Gasteiger partial charge < -0.3 is 36.2 Å². The number of ether oxygens (including phenoxy) is 1. The highest BCUT2D eigenvalue weighted by Crippen LogP contribution is 2.53. The molecule has 0 saturated heterocycles. The average molecular weight is 568 g/mol. The van der Waals surface area contributed by atoms with E-state index >= 15 is 0 Å². The highest BCUT2D eigenvalue weighted by atomic mass is 19.1. The van der Waals surface area contributed by atoms with E-state index < -0.39 is 71.1 Å². The number of carbonyl (C=O) groups is 3. The molecular formula is C29H30FN3O8. The van der Waals surface area contributed by atoms with E-state index in [9.17, 15) is 39.2 Å². The number of primary amides is 1. The third-order valence-corrected chi connectivity index (χ3v) is 8.27. The van der Waals surface area contributed by atoms with Gasteiger partial charge in [-0.25, -0.2) is 9.37 Å². The minimum Gasteiger partial charge on any atom is -0.508 e. The number of fused-ring (bicyclic) bond motifs is 3. The number of pyridine rings is 1. The molecule has 1 heterocycles. The second kappa shape index (κ2) is 10.3. The van der Waals surface area contributed by atoms with Crippen molar-refractivity contribution in [3.63, 3.8) is 0 Å². The van der Waals surface area contributed by atoms with Crippen molar-refractivity contribution in [2.45, 2.75) is 44.4 Å². The van der Waals surface area contributed by atoms with Gasteiger partial charge in [-0.3, -0.25) is 14.4 Å². The van der Waals surface area contributed by atoms with Crippen LogP contribution in [0.2, 0.25) is 0 Å². The van der Waals surface area contributed by atoms with Crippen LogP contribution in [0.1, 0.15) is 36.5 Å². The molecule has 0 bridgehead atoms. The topological polar surface area (TPSA) is 192 Å². The predicted molar refractivity (Wildman–Crippen MR) is 143 cm³/mol. The first-order valence-electron chi connectivity index (χ1n) is 13.1. The van der Waals surface area contributed by atoms with Crippen molar-refractivity contribution in [3.8, 4) is 22.8 Å². The number of nitrogens with two attached hydrogens (primary N) is 1. The quantitative estimate of drug-likeness (QED) is 0.269. The highest BCUT2D eigenvalue weighted by molar-refractivity contribution is 6.22. The number of methoxy groups -OCH3 is 1. The SMILES string of the molecule is COc1ccc(-c2cc(CNC(C)CF)c(O)c3c2CC2CC4CC(=O)C(C(N)=O)=C(O)C4(O)C(=O)C2=C3O)cn1. The molecule has 1 fully saturated rings. The van der Waals surface area contributed by atoms with Gasteiger partial charge in [-0.2, -0.15) is 0 Å². The van der Waals surface area contributed by atoms with Gasteiger partial charge in [0, 0.05) is 53.9 Å². The first kappa shape index (κ1) is 28.2. The number of nitrogens with one attached hydrogen (secondary N) is 1. The molecule has 5 rings (SSSR count). The predicted octanol–water partition coefficient (Wildman–Crippen LogP) is 1.94. The molecule has 1 aromatic carbocycles. The number of aliphatic hydroxyl groups is 3. The van der Waals surface area contributed by atoms with Gasteiger partial charge in [-0.05, 0) is 48.9 Å². The molecule has 3 aliphatic carbocycles. The van der Waals surface area contributed by atoms with Crippen LogP contribution in [0.15, 0.2) is 41.3 Å². The number of nitrogens with zero attached hydrogens (tertiary/aromatic N) is 1. The Morgan fingerprint density at radius 3 is 2.61 bits per heavy atom. The first-order chi connectivity index (χ1) is 19.4. The van der Waals surface area contributed by atoms with Gasteiger partial charge >= 0.3 is 0 Å².